The molecule has 68 valence electrons. The van der Waals surface area contributed by atoms with Gasteiger partial charge in [-0.2, -0.15) is 5.10 Å². The molecule has 0 fully saturated rings. The summed E-state index contributed by atoms with van der Waals surface area (Å²) in [6.45, 7) is 5.32. The molecular weight excluding hydrogens is 150 g/mol. The highest BCUT2D eigenvalue weighted by Crippen LogP contribution is 1.98. The maximum Gasteiger partial charge on any atom is 0.0639 e. The highest BCUT2D eigenvalue weighted by Gasteiger charge is 2.03. The summed E-state index contributed by atoms with van der Waals surface area (Å²) >= 11 is 0. The molecule has 0 aliphatic carbocycles. The van der Waals surface area contributed by atoms with Crippen LogP contribution < -0.4 is 5.32 Å². The number of likely N-dealkylation sites (N-methyl/N-ethyl adjacent to an activating group) is 1. The van der Waals surface area contributed by atoms with Gasteiger partial charge in [0.25, 0.3) is 0 Å². The predicted molar refractivity (Wildman–Crippen MR) is 50.1 cm³/mol. The van der Waals surface area contributed by atoms with Gasteiger partial charge in [-0.25, -0.2) is 0 Å². The zero-order chi connectivity index (χ0) is 8.97. The summed E-state index contributed by atoms with van der Waals surface area (Å²) in [5, 5.41) is 7.66. The highest BCUT2D eigenvalue weighted by molar-refractivity contribution is 5.00. The van der Waals surface area contributed by atoms with E-state index in [1.54, 1.807) is 0 Å². The second kappa shape index (κ2) is 4.26. The number of aromatic nitrogens is 2. The average molecular weight is 167 g/mol. The molecule has 12 heavy (non-hydrogen) atoms. The van der Waals surface area contributed by atoms with Crippen molar-refractivity contribution in [3.63, 3.8) is 0 Å². The second-order valence-corrected chi connectivity index (χ2v) is 3.14. The first kappa shape index (κ1) is 9.26. The lowest BCUT2D eigenvalue weighted by molar-refractivity contribution is 0.554. The molecule has 0 radical (unpaired) electrons. The summed E-state index contributed by atoms with van der Waals surface area (Å²) in [5.74, 6) is 0. The number of nitrogens with one attached hydrogen (secondary N) is 1. The minimum Gasteiger partial charge on any atom is -0.314 e. The van der Waals surface area contributed by atoms with E-state index in [0.717, 1.165) is 18.7 Å². The summed E-state index contributed by atoms with van der Waals surface area (Å²) in [7, 11) is 1.95. The van der Waals surface area contributed by atoms with E-state index in [9.17, 15) is 0 Å². The van der Waals surface area contributed by atoms with Gasteiger partial charge < -0.3 is 5.32 Å². The van der Waals surface area contributed by atoms with Crippen molar-refractivity contribution in [2.75, 3.05) is 6.54 Å². The van der Waals surface area contributed by atoms with E-state index in [1.807, 2.05) is 17.9 Å². The van der Waals surface area contributed by atoms with Crippen LogP contribution in [0.15, 0.2) is 12.3 Å². The first-order chi connectivity index (χ1) is 5.72. The van der Waals surface area contributed by atoms with Gasteiger partial charge in [-0.1, -0.05) is 6.92 Å². The highest BCUT2D eigenvalue weighted by atomic mass is 15.2. The third-order valence-electron chi connectivity index (χ3n) is 1.84. The molecule has 1 heterocycles. The van der Waals surface area contributed by atoms with E-state index in [1.165, 1.54) is 0 Å². The molecule has 1 unspecified atom stereocenters. The number of rotatable bonds is 4. The third kappa shape index (κ3) is 2.66. The van der Waals surface area contributed by atoms with Crippen LogP contribution in [0.4, 0.5) is 0 Å². The summed E-state index contributed by atoms with van der Waals surface area (Å²) in [6, 6.07) is 2.58. The Morgan fingerprint density at radius 1 is 1.67 bits per heavy atom. The van der Waals surface area contributed by atoms with E-state index < -0.39 is 0 Å². The van der Waals surface area contributed by atoms with E-state index in [-0.39, 0.29) is 0 Å². The lowest BCUT2D eigenvalue weighted by Crippen LogP contribution is -2.27. The summed E-state index contributed by atoms with van der Waals surface area (Å²) in [4.78, 5) is 0. The fourth-order valence-electron chi connectivity index (χ4n) is 1.31. The Hall–Kier alpha value is -0.830. The van der Waals surface area contributed by atoms with Crippen molar-refractivity contribution in [3.05, 3.63) is 18.0 Å². The number of nitrogens with zero attached hydrogens (tertiary/aromatic N) is 2. The third-order valence-corrected chi connectivity index (χ3v) is 1.84. The molecule has 0 spiro atoms. The number of aryl methyl sites for hydroxylation is 1. The summed E-state index contributed by atoms with van der Waals surface area (Å²) < 4.78 is 1.84. The van der Waals surface area contributed by atoms with Crippen LogP contribution in [0.3, 0.4) is 0 Å². The van der Waals surface area contributed by atoms with Crippen molar-refractivity contribution >= 4 is 0 Å². The van der Waals surface area contributed by atoms with Gasteiger partial charge in [0, 0.05) is 25.7 Å². The molecular formula is C9H17N3. The van der Waals surface area contributed by atoms with Gasteiger partial charge in [-0.15, -0.1) is 0 Å². The van der Waals surface area contributed by atoms with E-state index in [0.29, 0.717) is 6.04 Å². The van der Waals surface area contributed by atoms with Gasteiger partial charge >= 0.3 is 0 Å². The standard InChI is InChI=1S/C9H17N3/c1-4-10-8(2)7-9-5-6-12(3)11-9/h5-6,8,10H,4,7H2,1-3H3. The fraction of sp³-hybridized carbons (Fsp3) is 0.667. The Morgan fingerprint density at radius 2 is 2.42 bits per heavy atom. The zero-order valence-electron chi connectivity index (χ0n) is 8.04. The van der Waals surface area contributed by atoms with E-state index in [2.05, 4.69) is 30.3 Å². The Labute approximate surface area is 73.8 Å². The van der Waals surface area contributed by atoms with Crippen LogP contribution in [0.2, 0.25) is 0 Å². The van der Waals surface area contributed by atoms with E-state index in [4.69, 9.17) is 0 Å². The molecule has 3 nitrogen and oxygen atoms in total. The van der Waals surface area contributed by atoms with Crippen molar-refractivity contribution < 1.29 is 0 Å². The largest absolute Gasteiger partial charge is 0.314 e. The summed E-state index contributed by atoms with van der Waals surface area (Å²) in [5.41, 5.74) is 1.16. The normalized spacial score (nSPS) is 13.2. The maximum absolute atomic E-state index is 4.31. The zero-order valence-corrected chi connectivity index (χ0v) is 8.04. The molecule has 0 amide bonds. The molecule has 0 saturated heterocycles. The number of hydrogen-bond donors (Lipinski definition) is 1. The average Bonchev–Trinajstić information content (AvgIpc) is 2.36. The van der Waals surface area contributed by atoms with Gasteiger partial charge in [0.2, 0.25) is 0 Å². The van der Waals surface area contributed by atoms with Gasteiger partial charge in [-0.3, -0.25) is 4.68 Å². The first-order valence-corrected chi connectivity index (χ1v) is 4.44. The Balaban J connectivity index is 2.41. The molecule has 0 saturated carbocycles. The minimum atomic E-state index is 0.518. The van der Waals surface area contributed by atoms with Crippen LogP contribution in [-0.4, -0.2) is 22.4 Å². The Kier molecular flexibility index (Phi) is 3.29. The monoisotopic (exact) mass is 167 g/mol. The smallest absolute Gasteiger partial charge is 0.0639 e. The molecule has 1 atom stereocenters. The number of hydrogen-bond acceptors (Lipinski definition) is 2. The molecule has 1 aromatic rings. The predicted octanol–water partition coefficient (Wildman–Crippen LogP) is 0.961. The quantitative estimate of drug-likeness (QED) is 0.724. The molecule has 1 aromatic heterocycles. The summed E-state index contributed by atoms with van der Waals surface area (Å²) in [6.07, 6.45) is 2.99. The second-order valence-electron chi connectivity index (χ2n) is 3.14. The lowest BCUT2D eigenvalue weighted by atomic mass is 10.2. The van der Waals surface area contributed by atoms with Crippen LogP contribution >= 0.6 is 0 Å². The molecule has 1 N–H and O–H groups in total. The first-order valence-electron chi connectivity index (χ1n) is 4.44. The maximum atomic E-state index is 4.31. The molecule has 0 aliphatic heterocycles. The van der Waals surface area contributed by atoms with Crippen LogP contribution in [0.25, 0.3) is 0 Å². The van der Waals surface area contributed by atoms with Crippen LogP contribution in [-0.2, 0) is 13.5 Å². The molecule has 1 rings (SSSR count). The van der Waals surface area contributed by atoms with Crippen molar-refractivity contribution in [2.45, 2.75) is 26.3 Å². The SMILES string of the molecule is CCNC(C)Cc1ccn(C)n1. The lowest BCUT2D eigenvalue weighted by Gasteiger charge is -2.09. The Bertz CT molecular complexity index is 229. The Morgan fingerprint density at radius 3 is 2.92 bits per heavy atom. The van der Waals surface area contributed by atoms with Crippen molar-refractivity contribution in [3.8, 4) is 0 Å². The molecule has 3 heteroatoms. The fourth-order valence-corrected chi connectivity index (χ4v) is 1.31. The van der Waals surface area contributed by atoms with Gasteiger partial charge in [0.1, 0.15) is 0 Å². The molecule has 0 bridgehead atoms. The van der Waals surface area contributed by atoms with Crippen molar-refractivity contribution in [2.24, 2.45) is 7.05 Å². The van der Waals surface area contributed by atoms with Gasteiger partial charge in [-0.05, 0) is 19.5 Å². The van der Waals surface area contributed by atoms with E-state index >= 15 is 0 Å². The molecule has 0 aromatic carbocycles. The van der Waals surface area contributed by atoms with Crippen LogP contribution in [0.1, 0.15) is 19.5 Å². The van der Waals surface area contributed by atoms with Gasteiger partial charge in [0.05, 0.1) is 5.69 Å². The van der Waals surface area contributed by atoms with Crippen LogP contribution in [0.5, 0.6) is 0 Å². The van der Waals surface area contributed by atoms with Crippen molar-refractivity contribution in [1.29, 1.82) is 0 Å². The topological polar surface area (TPSA) is 29.9 Å². The van der Waals surface area contributed by atoms with Gasteiger partial charge in [0.15, 0.2) is 0 Å². The molecule has 0 aliphatic rings. The van der Waals surface area contributed by atoms with Crippen molar-refractivity contribution in [1.82, 2.24) is 15.1 Å². The minimum absolute atomic E-state index is 0.518. The van der Waals surface area contributed by atoms with Crippen LogP contribution in [0, 0.1) is 0 Å².